The molecule has 0 bridgehead atoms. The molecule has 0 saturated heterocycles. The van der Waals surface area contributed by atoms with Gasteiger partial charge in [-0.05, 0) is 18.2 Å². The molecule has 0 saturated carbocycles. The van der Waals surface area contributed by atoms with Crippen molar-refractivity contribution in [1.82, 2.24) is 0 Å². The molecular weight excluding hydrogens is 259 g/mol. The number of carbonyl (C=O) groups is 1. The molecule has 0 aliphatic carbocycles. The Morgan fingerprint density at radius 1 is 1.47 bits per heavy atom. The fourth-order valence-electron chi connectivity index (χ4n) is 1.38. The fourth-order valence-corrected chi connectivity index (χ4v) is 1.56. The van der Waals surface area contributed by atoms with Gasteiger partial charge in [-0.15, -0.1) is 0 Å². The van der Waals surface area contributed by atoms with Crippen LogP contribution in [0.15, 0.2) is 18.2 Å². The first-order valence-corrected chi connectivity index (χ1v) is 4.87. The summed E-state index contributed by atoms with van der Waals surface area (Å²) < 4.78 is 42.4. The second kappa shape index (κ2) is 5.37. The third-order valence-corrected chi connectivity index (χ3v) is 2.28. The number of ether oxygens (including phenoxy) is 1. The van der Waals surface area contributed by atoms with Crippen LogP contribution < -0.4 is 5.32 Å². The van der Waals surface area contributed by atoms with Crippen molar-refractivity contribution in [3.05, 3.63) is 28.8 Å². The topological polar surface area (TPSA) is 38.3 Å². The lowest BCUT2D eigenvalue weighted by Gasteiger charge is -2.21. The zero-order chi connectivity index (χ0) is 13.1. The number of alkyl halides is 3. The monoisotopic (exact) mass is 267 g/mol. The van der Waals surface area contributed by atoms with E-state index in [9.17, 15) is 18.0 Å². The molecule has 0 radical (unpaired) electrons. The van der Waals surface area contributed by atoms with Gasteiger partial charge in [-0.3, -0.25) is 4.79 Å². The van der Waals surface area contributed by atoms with Gasteiger partial charge in [0.05, 0.1) is 0 Å². The zero-order valence-corrected chi connectivity index (χ0v) is 9.47. The minimum absolute atomic E-state index is 0.00794. The lowest BCUT2D eigenvalue weighted by molar-refractivity contribution is -0.215. The van der Waals surface area contributed by atoms with Gasteiger partial charge in [0.1, 0.15) is 0 Å². The van der Waals surface area contributed by atoms with Crippen molar-refractivity contribution < 1.29 is 22.7 Å². The summed E-state index contributed by atoms with van der Waals surface area (Å²) in [5, 5.41) is 2.30. The lowest BCUT2D eigenvalue weighted by Crippen LogP contribution is -2.23. The van der Waals surface area contributed by atoms with E-state index >= 15 is 0 Å². The number of benzene rings is 1. The highest BCUT2D eigenvalue weighted by Gasteiger charge is 2.42. The molecule has 1 aromatic rings. The number of hydrogen-bond acceptors (Lipinski definition) is 2. The highest BCUT2D eigenvalue weighted by atomic mass is 35.5. The molecule has 1 rings (SSSR count). The van der Waals surface area contributed by atoms with Crippen LogP contribution in [0.1, 0.15) is 11.7 Å². The molecule has 0 heterocycles. The van der Waals surface area contributed by atoms with Crippen LogP contribution in [0.5, 0.6) is 0 Å². The molecule has 17 heavy (non-hydrogen) atoms. The summed E-state index contributed by atoms with van der Waals surface area (Å²) in [6.07, 6.45) is -6.43. The van der Waals surface area contributed by atoms with Crippen LogP contribution in [0, 0.1) is 0 Å². The predicted octanol–water partition coefficient (Wildman–Crippen LogP) is 3.16. The Kier molecular flexibility index (Phi) is 4.36. The maximum atomic E-state index is 12.7. The number of methoxy groups -OCH3 is 1. The van der Waals surface area contributed by atoms with Gasteiger partial charge in [0.15, 0.2) is 6.10 Å². The summed E-state index contributed by atoms with van der Waals surface area (Å²) in [4.78, 5) is 10.3. The summed E-state index contributed by atoms with van der Waals surface area (Å²) in [6, 6.07) is 3.76. The molecule has 0 aromatic heterocycles. The van der Waals surface area contributed by atoms with Gasteiger partial charge >= 0.3 is 6.18 Å². The van der Waals surface area contributed by atoms with Crippen LogP contribution in [0.25, 0.3) is 0 Å². The Morgan fingerprint density at radius 2 is 2.12 bits per heavy atom. The standard InChI is InChI=1S/C10H9ClF3NO2/c1-17-9(10(12,13)14)7-4-6(11)2-3-8(7)15-5-16/h2-5,9H,1H3,(H,15,16). The van der Waals surface area contributed by atoms with Crippen LogP contribution in [0.2, 0.25) is 5.02 Å². The van der Waals surface area contributed by atoms with Gasteiger partial charge in [0.25, 0.3) is 0 Å². The summed E-state index contributed by atoms with van der Waals surface area (Å²) >= 11 is 5.63. The van der Waals surface area contributed by atoms with Crippen molar-refractivity contribution in [1.29, 1.82) is 0 Å². The summed E-state index contributed by atoms with van der Waals surface area (Å²) in [5.41, 5.74) is -0.229. The van der Waals surface area contributed by atoms with Crippen LogP contribution >= 0.6 is 11.6 Å². The van der Waals surface area contributed by atoms with Gasteiger partial charge < -0.3 is 10.1 Å². The molecule has 0 fully saturated rings. The molecule has 1 N–H and O–H groups in total. The van der Waals surface area contributed by atoms with Gasteiger partial charge in [-0.25, -0.2) is 0 Å². The smallest absolute Gasteiger partial charge is 0.367 e. The molecule has 0 aliphatic rings. The van der Waals surface area contributed by atoms with Crippen molar-refractivity contribution in [3.63, 3.8) is 0 Å². The molecule has 1 unspecified atom stereocenters. The number of anilines is 1. The van der Waals surface area contributed by atoms with E-state index in [-0.39, 0.29) is 22.7 Å². The van der Waals surface area contributed by atoms with Crippen LogP contribution in [-0.2, 0) is 9.53 Å². The summed E-state index contributed by atoms with van der Waals surface area (Å²) in [5.74, 6) is 0. The number of amides is 1. The Labute approximate surface area is 101 Å². The number of nitrogens with one attached hydrogen (secondary N) is 1. The first-order chi connectivity index (χ1) is 7.90. The van der Waals surface area contributed by atoms with E-state index in [1.807, 2.05) is 0 Å². The molecule has 0 spiro atoms. The van der Waals surface area contributed by atoms with Crippen LogP contribution in [0.3, 0.4) is 0 Å². The van der Waals surface area contributed by atoms with Crippen molar-refractivity contribution in [2.45, 2.75) is 12.3 Å². The molecule has 94 valence electrons. The molecule has 1 aromatic carbocycles. The van der Waals surface area contributed by atoms with Crippen molar-refractivity contribution in [2.75, 3.05) is 12.4 Å². The van der Waals surface area contributed by atoms with Crippen LogP contribution in [0.4, 0.5) is 18.9 Å². The maximum Gasteiger partial charge on any atom is 0.418 e. The lowest BCUT2D eigenvalue weighted by atomic mass is 10.1. The van der Waals surface area contributed by atoms with Crippen molar-refractivity contribution in [3.8, 4) is 0 Å². The maximum absolute atomic E-state index is 12.7. The zero-order valence-electron chi connectivity index (χ0n) is 8.72. The number of carbonyl (C=O) groups excluding carboxylic acids is 1. The molecular formula is C10H9ClF3NO2. The van der Waals surface area contributed by atoms with Crippen molar-refractivity contribution in [2.24, 2.45) is 0 Å². The van der Waals surface area contributed by atoms with E-state index in [2.05, 4.69) is 10.1 Å². The molecule has 0 aliphatic heterocycles. The first-order valence-electron chi connectivity index (χ1n) is 4.49. The molecule has 3 nitrogen and oxygen atoms in total. The highest BCUT2D eigenvalue weighted by Crippen LogP contribution is 2.39. The molecule has 7 heteroatoms. The largest absolute Gasteiger partial charge is 0.418 e. The van der Waals surface area contributed by atoms with Crippen LogP contribution in [-0.4, -0.2) is 19.7 Å². The van der Waals surface area contributed by atoms with Gasteiger partial charge in [0.2, 0.25) is 6.41 Å². The SMILES string of the molecule is COC(c1cc(Cl)ccc1NC=O)C(F)(F)F. The molecule has 1 amide bonds. The van der Waals surface area contributed by atoms with Crippen molar-refractivity contribution >= 4 is 23.7 Å². The normalized spacial score (nSPS) is 13.2. The Bertz CT molecular complexity index is 409. The average molecular weight is 268 g/mol. The van der Waals surface area contributed by atoms with E-state index in [1.165, 1.54) is 12.1 Å². The van der Waals surface area contributed by atoms with E-state index in [4.69, 9.17) is 11.6 Å². The van der Waals surface area contributed by atoms with Gasteiger partial charge in [-0.1, -0.05) is 11.6 Å². The van der Waals surface area contributed by atoms with Gasteiger partial charge in [-0.2, -0.15) is 13.2 Å². The van der Waals surface area contributed by atoms with E-state index in [0.717, 1.165) is 13.2 Å². The number of halogens is 4. The number of rotatable bonds is 4. The predicted molar refractivity (Wildman–Crippen MR) is 56.9 cm³/mol. The quantitative estimate of drug-likeness (QED) is 0.851. The van der Waals surface area contributed by atoms with E-state index < -0.39 is 12.3 Å². The average Bonchev–Trinajstić information content (AvgIpc) is 2.21. The molecule has 1 atom stereocenters. The third kappa shape index (κ3) is 3.34. The van der Waals surface area contributed by atoms with E-state index in [1.54, 1.807) is 0 Å². The highest BCUT2D eigenvalue weighted by molar-refractivity contribution is 6.30. The Hall–Kier alpha value is -1.27. The fraction of sp³-hybridized carbons (Fsp3) is 0.300. The Morgan fingerprint density at radius 3 is 2.59 bits per heavy atom. The second-order valence-electron chi connectivity index (χ2n) is 3.15. The summed E-state index contributed by atoms with van der Waals surface area (Å²) in [6.45, 7) is 0. The third-order valence-electron chi connectivity index (χ3n) is 2.04. The second-order valence-corrected chi connectivity index (χ2v) is 3.59. The minimum Gasteiger partial charge on any atom is -0.367 e. The Balaban J connectivity index is 3.25. The summed E-state index contributed by atoms with van der Waals surface area (Å²) in [7, 11) is 0.934. The van der Waals surface area contributed by atoms with E-state index in [0.29, 0.717) is 0 Å². The minimum atomic E-state index is -4.58. The van der Waals surface area contributed by atoms with Gasteiger partial charge in [0, 0.05) is 23.4 Å². The number of hydrogen-bond donors (Lipinski definition) is 1. The first kappa shape index (κ1) is 13.8.